The van der Waals surface area contributed by atoms with E-state index in [1.807, 2.05) is 12.1 Å². The Bertz CT molecular complexity index is 1330. The molecule has 0 unspecified atom stereocenters. The van der Waals surface area contributed by atoms with E-state index in [4.69, 9.17) is 17.1 Å². The number of rotatable bonds is 5. The molecule has 0 atom stereocenters. The maximum atomic E-state index is 6.32. The summed E-state index contributed by atoms with van der Waals surface area (Å²) in [5.74, 6) is 0. The second-order valence-electron chi connectivity index (χ2n) is 9.17. The Morgan fingerprint density at radius 3 is 2.15 bits per heavy atom. The summed E-state index contributed by atoms with van der Waals surface area (Å²) in [7, 11) is 0. The zero-order valence-corrected chi connectivity index (χ0v) is 19.8. The van der Waals surface area contributed by atoms with Gasteiger partial charge in [-0.3, -0.25) is 15.2 Å². The first-order valence-electron chi connectivity index (χ1n) is 11.9. The van der Waals surface area contributed by atoms with Crippen LogP contribution in [0.1, 0.15) is 30.0 Å². The maximum Gasteiger partial charge on any atom is 0.178 e. The minimum Gasteiger partial charge on any atom is -0.331 e. The number of piperidine rings is 1. The van der Waals surface area contributed by atoms with Gasteiger partial charge >= 0.3 is 0 Å². The predicted octanol–water partition coefficient (Wildman–Crippen LogP) is 5.70. The molecular weight excluding hydrogens is 440 g/mol. The lowest BCUT2D eigenvalue weighted by atomic mass is 9.86. The number of benzene rings is 3. The molecule has 2 aliphatic rings. The molecule has 3 heterocycles. The summed E-state index contributed by atoms with van der Waals surface area (Å²) in [6, 6.07) is 29.7. The number of aromatic nitrogens is 2. The SMILES string of the molecule is S=c1[nH]c2ccccc2n1C1CCN(CC2=CC(c3ccccc3)(c3ccccc3)ON2)CC1. The van der Waals surface area contributed by atoms with Crippen LogP contribution in [-0.2, 0) is 10.4 Å². The highest BCUT2D eigenvalue weighted by Gasteiger charge is 2.39. The summed E-state index contributed by atoms with van der Waals surface area (Å²) < 4.78 is 3.14. The number of nitrogens with one attached hydrogen (secondary N) is 2. The van der Waals surface area contributed by atoms with Crippen LogP contribution < -0.4 is 5.48 Å². The van der Waals surface area contributed by atoms with Crippen LogP contribution in [0.5, 0.6) is 0 Å². The number of hydrogen-bond acceptors (Lipinski definition) is 4. The van der Waals surface area contributed by atoms with Gasteiger partial charge in [-0.2, -0.15) is 0 Å². The summed E-state index contributed by atoms with van der Waals surface area (Å²) in [6.45, 7) is 2.89. The smallest absolute Gasteiger partial charge is 0.178 e. The normalized spacial score (nSPS) is 18.6. The molecule has 0 amide bonds. The number of likely N-dealkylation sites (tertiary alicyclic amines) is 1. The third kappa shape index (κ3) is 3.78. The quantitative estimate of drug-likeness (QED) is 0.369. The van der Waals surface area contributed by atoms with Crippen molar-refractivity contribution in [3.05, 3.63) is 113 Å². The van der Waals surface area contributed by atoms with Crippen LogP contribution in [0.15, 0.2) is 96.7 Å². The van der Waals surface area contributed by atoms with Crippen LogP contribution >= 0.6 is 12.2 Å². The molecule has 6 heteroatoms. The zero-order valence-electron chi connectivity index (χ0n) is 19.0. The molecule has 0 saturated carbocycles. The topological polar surface area (TPSA) is 45.2 Å². The van der Waals surface area contributed by atoms with Crippen molar-refractivity contribution in [3.8, 4) is 0 Å². The van der Waals surface area contributed by atoms with Crippen LogP contribution in [0.25, 0.3) is 11.0 Å². The van der Waals surface area contributed by atoms with Gasteiger partial charge in [0.05, 0.1) is 16.7 Å². The van der Waals surface area contributed by atoms with E-state index in [2.05, 4.69) is 98.8 Å². The third-order valence-electron chi connectivity index (χ3n) is 7.07. The lowest BCUT2D eigenvalue weighted by Gasteiger charge is -2.32. The Morgan fingerprint density at radius 1 is 0.853 bits per heavy atom. The molecule has 5 nitrogen and oxygen atoms in total. The molecule has 0 radical (unpaired) electrons. The van der Waals surface area contributed by atoms with Crippen molar-refractivity contribution in [1.82, 2.24) is 19.9 Å². The minimum absolute atomic E-state index is 0.425. The fraction of sp³-hybridized carbons (Fsp3) is 0.250. The van der Waals surface area contributed by atoms with E-state index >= 15 is 0 Å². The van der Waals surface area contributed by atoms with Crippen LogP contribution in [0, 0.1) is 4.77 Å². The summed E-state index contributed by atoms with van der Waals surface area (Å²) in [4.78, 5) is 12.2. The van der Waals surface area contributed by atoms with Crippen molar-refractivity contribution >= 4 is 23.3 Å². The number of hydroxylamine groups is 1. The van der Waals surface area contributed by atoms with Crippen molar-refractivity contribution in [2.45, 2.75) is 24.5 Å². The molecule has 2 N–H and O–H groups in total. The number of para-hydroxylation sites is 2. The van der Waals surface area contributed by atoms with Crippen molar-refractivity contribution < 1.29 is 4.84 Å². The van der Waals surface area contributed by atoms with Crippen molar-refractivity contribution in [2.24, 2.45) is 0 Å². The Labute approximate surface area is 204 Å². The second-order valence-corrected chi connectivity index (χ2v) is 9.55. The van der Waals surface area contributed by atoms with Gasteiger partial charge in [0.15, 0.2) is 10.4 Å². The van der Waals surface area contributed by atoms with Gasteiger partial charge in [-0.05, 0) is 54.4 Å². The Hall–Kier alpha value is -3.19. The van der Waals surface area contributed by atoms with E-state index in [9.17, 15) is 0 Å². The number of H-pyrrole nitrogens is 1. The van der Waals surface area contributed by atoms with Gasteiger partial charge in [0, 0.05) is 25.7 Å². The fourth-order valence-electron chi connectivity index (χ4n) is 5.36. The Kier molecular flexibility index (Phi) is 5.57. The molecule has 4 aromatic rings. The second kappa shape index (κ2) is 8.87. The average Bonchev–Trinajstić information content (AvgIpc) is 3.47. The molecular formula is C28H28N4OS. The molecule has 1 fully saturated rings. The molecule has 34 heavy (non-hydrogen) atoms. The molecule has 2 aliphatic heterocycles. The number of imidazole rings is 1. The average molecular weight is 469 g/mol. The monoisotopic (exact) mass is 468 g/mol. The van der Waals surface area contributed by atoms with Gasteiger partial charge in [-0.15, -0.1) is 0 Å². The van der Waals surface area contributed by atoms with Gasteiger partial charge in [0.2, 0.25) is 0 Å². The molecule has 0 spiro atoms. The largest absolute Gasteiger partial charge is 0.331 e. The third-order valence-corrected chi connectivity index (χ3v) is 7.36. The van der Waals surface area contributed by atoms with Gasteiger partial charge in [-0.1, -0.05) is 72.8 Å². The summed E-state index contributed by atoms with van der Waals surface area (Å²) in [5, 5.41) is 0. The van der Waals surface area contributed by atoms with Crippen molar-refractivity contribution in [3.63, 3.8) is 0 Å². The van der Waals surface area contributed by atoms with E-state index < -0.39 is 5.60 Å². The number of fused-ring (bicyclic) bond motifs is 1. The lowest BCUT2D eigenvalue weighted by molar-refractivity contribution is -0.0186. The van der Waals surface area contributed by atoms with Gasteiger partial charge in [0.1, 0.15) is 0 Å². The molecule has 1 saturated heterocycles. The zero-order chi connectivity index (χ0) is 23.0. The Balaban J connectivity index is 1.20. The summed E-state index contributed by atoms with van der Waals surface area (Å²) in [5.41, 5.74) is 8.31. The van der Waals surface area contributed by atoms with Crippen LogP contribution in [0.3, 0.4) is 0 Å². The first kappa shape index (κ1) is 21.4. The Morgan fingerprint density at radius 2 is 1.47 bits per heavy atom. The highest BCUT2D eigenvalue weighted by Crippen LogP contribution is 2.39. The number of nitrogens with zero attached hydrogens (tertiary/aromatic N) is 2. The minimum atomic E-state index is -0.618. The first-order valence-corrected chi connectivity index (χ1v) is 12.3. The van der Waals surface area contributed by atoms with E-state index in [0.29, 0.717) is 6.04 Å². The molecule has 0 aliphatic carbocycles. The van der Waals surface area contributed by atoms with Crippen molar-refractivity contribution in [2.75, 3.05) is 19.6 Å². The van der Waals surface area contributed by atoms with Gasteiger partial charge < -0.3 is 9.55 Å². The number of aromatic amines is 1. The van der Waals surface area contributed by atoms with Crippen molar-refractivity contribution in [1.29, 1.82) is 0 Å². The lowest BCUT2D eigenvalue weighted by Crippen LogP contribution is -2.37. The molecule has 3 aromatic carbocycles. The van der Waals surface area contributed by atoms with E-state index in [-0.39, 0.29) is 0 Å². The van der Waals surface area contributed by atoms with Gasteiger partial charge in [-0.25, -0.2) is 0 Å². The van der Waals surface area contributed by atoms with E-state index in [1.165, 1.54) is 5.52 Å². The fourth-order valence-corrected chi connectivity index (χ4v) is 5.72. The molecule has 1 aromatic heterocycles. The summed E-state index contributed by atoms with van der Waals surface area (Å²) >= 11 is 5.66. The van der Waals surface area contributed by atoms with Crippen LogP contribution in [0.4, 0.5) is 0 Å². The highest BCUT2D eigenvalue weighted by atomic mass is 32.1. The standard InChI is InChI=1S/C28H28N4OS/c34-27-29-25-13-7-8-14-26(25)32(27)24-15-17-31(18-16-24)20-23-19-28(33-30-23,21-9-3-1-4-10-21)22-11-5-2-6-12-22/h1-14,19,24,30H,15-18,20H2,(H,29,34). The van der Waals surface area contributed by atoms with Crippen LogP contribution in [0.2, 0.25) is 0 Å². The molecule has 0 bridgehead atoms. The van der Waals surface area contributed by atoms with E-state index in [0.717, 1.165) is 59.6 Å². The maximum absolute atomic E-state index is 6.32. The first-order chi connectivity index (χ1) is 16.7. The van der Waals surface area contributed by atoms with E-state index in [1.54, 1.807) is 0 Å². The van der Waals surface area contributed by atoms with Gasteiger partial charge in [0.25, 0.3) is 0 Å². The molecule has 6 rings (SSSR count). The highest BCUT2D eigenvalue weighted by molar-refractivity contribution is 7.71. The summed E-state index contributed by atoms with van der Waals surface area (Å²) in [6.07, 6.45) is 4.40. The number of hydrogen-bond donors (Lipinski definition) is 2. The molecule has 172 valence electrons. The predicted molar refractivity (Wildman–Crippen MR) is 138 cm³/mol. The van der Waals surface area contributed by atoms with Crippen LogP contribution in [-0.4, -0.2) is 34.1 Å².